The van der Waals surface area contributed by atoms with E-state index in [0.717, 1.165) is 0 Å². The number of likely N-dealkylation sites (N-methyl/N-ethyl adjacent to an activating group) is 1. The number of carbonyl (C=O) groups is 1. The fourth-order valence-electron chi connectivity index (χ4n) is 0.647. The Labute approximate surface area is 53.9 Å². The predicted molar refractivity (Wildman–Crippen MR) is 32.5 cm³/mol. The van der Waals surface area contributed by atoms with Crippen molar-refractivity contribution in [1.29, 1.82) is 0 Å². The SMILES string of the molecule is C=C1OC(=O)[C@@H](C)N1C. The summed E-state index contributed by atoms with van der Waals surface area (Å²) >= 11 is 0. The molecule has 0 aromatic rings. The van der Waals surface area contributed by atoms with Gasteiger partial charge in [-0.3, -0.25) is 0 Å². The minimum atomic E-state index is -0.220. The summed E-state index contributed by atoms with van der Waals surface area (Å²) in [4.78, 5) is 12.4. The molecule has 9 heavy (non-hydrogen) atoms. The number of cyclic esters (lactones) is 1. The smallest absolute Gasteiger partial charge is 0.335 e. The molecule has 1 aliphatic rings. The maximum atomic E-state index is 10.7. The normalized spacial score (nSPS) is 26.9. The number of hydrogen-bond acceptors (Lipinski definition) is 3. The van der Waals surface area contributed by atoms with Crippen molar-refractivity contribution >= 4 is 5.97 Å². The van der Waals surface area contributed by atoms with Gasteiger partial charge in [-0.25, -0.2) is 4.79 Å². The van der Waals surface area contributed by atoms with Gasteiger partial charge in [0.15, 0.2) is 5.88 Å². The van der Waals surface area contributed by atoms with Crippen molar-refractivity contribution in [3.8, 4) is 0 Å². The van der Waals surface area contributed by atoms with Crippen LogP contribution in [0.3, 0.4) is 0 Å². The Hall–Kier alpha value is -0.990. The Morgan fingerprint density at radius 1 is 1.78 bits per heavy atom. The molecular formula is C6H9NO2. The van der Waals surface area contributed by atoms with Crippen LogP contribution in [-0.2, 0) is 9.53 Å². The highest BCUT2D eigenvalue weighted by Gasteiger charge is 2.29. The van der Waals surface area contributed by atoms with Gasteiger partial charge in [0.2, 0.25) is 0 Å². The molecule has 0 saturated carbocycles. The number of rotatable bonds is 0. The zero-order chi connectivity index (χ0) is 7.02. The fraction of sp³-hybridized carbons (Fsp3) is 0.500. The molecule has 1 aliphatic heterocycles. The monoisotopic (exact) mass is 127 g/mol. The average molecular weight is 127 g/mol. The molecule has 1 saturated heterocycles. The highest BCUT2D eigenvalue weighted by atomic mass is 16.6. The van der Waals surface area contributed by atoms with Crippen LogP contribution >= 0.6 is 0 Å². The highest BCUT2D eigenvalue weighted by Crippen LogP contribution is 2.16. The van der Waals surface area contributed by atoms with E-state index in [4.69, 9.17) is 0 Å². The Morgan fingerprint density at radius 3 is 2.44 bits per heavy atom. The van der Waals surface area contributed by atoms with Crippen molar-refractivity contribution in [3.05, 3.63) is 12.5 Å². The van der Waals surface area contributed by atoms with Crippen molar-refractivity contribution in [3.63, 3.8) is 0 Å². The molecule has 1 rings (SSSR count). The second kappa shape index (κ2) is 1.76. The zero-order valence-electron chi connectivity index (χ0n) is 5.55. The van der Waals surface area contributed by atoms with Gasteiger partial charge in [-0.1, -0.05) is 0 Å². The lowest BCUT2D eigenvalue weighted by Gasteiger charge is -2.10. The number of nitrogens with zero attached hydrogens (tertiary/aromatic N) is 1. The molecule has 0 aromatic heterocycles. The van der Waals surface area contributed by atoms with Gasteiger partial charge in [0, 0.05) is 7.05 Å². The maximum Gasteiger partial charge on any atom is 0.335 e. The van der Waals surface area contributed by atoms with Crippen molar-refractivity contribution in [1.82, 2.24) is 4.90 Å². The van der Waals surface area contributed by atoms with E-state index >= 15 is 0 Å². The van der Waals surface area contributed by atoms with Crippen molar-refractivity contribution < 1.29 is 9.53 Å². The molecule has 1 atom stereocenters. The first-order chi connectivity index (χ1) is 4.13. The summed E-state index contributed by atoms with van der Waals surface area (Å²) in [6.07, 6.45) is 0. The minimum absolute atomic E-state index is 0.169. The molecule has 0 spiro atoms. The summed E-state index contributed by atoms with van der Waals surface area (Å²) in [5, 5.41) is 0. The van der Waals surface area contributed by atoms with E-state index in [1.807, 2.05) is 0 Å². The van der Waals surface area contributed by atoms with Crippen LogP contribution in [0.5, 0.6) is 0 Å². The minimum Gasteiger partial charge on any atom is -0.409 e. The molecular weight excluding hydrogens is 118 g/mol. The number of carbonyl (C=O) groups excluding carboxylic acids is 1. The quantitative estimate of drug-likeness (QED) is 0.439. The van der Waals surface area contributed by atoms with E-state index in [1.54, 1.807) is 18.9 Å². The van der Waals surface area contributed by atoms with Crippen LogP contribution in [0.4, 0.5) is 0 Å². The van der Waals surface area contributed by atoms with Gasteiger partial charge < -0.3 is 9.64 Å². The third-order valence-corrected chi connectivity index (χ3v) is 1.53. The number of esters is 1. The standard InChI is InChI=1S/C6H9NO2/c1-4-6(8)9-5(2)7(4)3/h4H,2H2,1,3H3/t4-/m1/s1. The molecule has 0 aliphatic carbocycles. The van der Waals surface area contributed by atoms with E-state index in [9.17, 15) is 4.79 Å². The lowest BCUT2D eigenvalue weighted by Crippen LogP contribution is -2.24. The van der Waals surface area contributed by atoms with Crippen LogP contribution in [0.25, 0.3) is 0 Å². The molecule has 0 bridgehead atoms. The topological polar surface area (TPSA) is 29.5 Å². The lowest BCUT2D eigenvalue weighted by atomic mass is 10.3. The molecule has 0 unspecified atom stereocenters. The van der Waals surface area contributed by atoms with Gasteiger partial charge in [-0.15, -0.1) is 0 Å². The largest absolute Gasteiger partial charge is 0.409 e. The highest BCUT2D eigenvalue weighted by molar-refractivity contribution is 5.78. The van der Waals surface area contributed by atoms with Gasteiger partial charge in [0.05, 0.1) is 0 Å². The van der Waals surface area contributed by atoms with E-state index in [0.29, 0.717) is 5.88 Å². The Balaban J connectivity index is 2.77. The van der Waals surface area contributed by atoms with Crippen LogP contribution in [0, 0.1) is 0 Å². The molecule has 1 fully saturated rings. The molecule has 0 radical (unpaired) electrons. The number of hydrogen-bond donors (Lipinski definition) is 0. The van der Waals surface area contributed by atoms with Crippen molar-refractivity contribution in [2.24, 2.45) is 0 Å². The van der Waals surface area contributed by atoms with Gasteiger partial charge >= 0.3 is 5.97 Å². The third kappa shape index (κ3) is 0.781. The van der Waals surface area contributed by atoms with Crippen LogP contribution in [0.2, 0.25) is 0 Å². The molecule has 0 N–H and O–H groups in total. The Morgan fingerprint density at radius 2 is 2.33 bits per heavy atom. The molecule has 3 heteroatoms. The first-order valence-electron chi connectivity index (χ1n) is 2.76. The van der Waals surface area contributed by atoms with Gasteiger partial charge in [0.25, 0.3) is 0 Å². The van der Waals surface area contributed by atoms with Crippen LogP contribution < -0.4 is 0 Å². The summed E-state index contributed by atoms with van der Waals surface area (Å²) in [5.74, 6) is 0.218. The summed E-state index contributed by atoms with van der Waals surface area (Å²) in [6, 6.07) is -0.169. The summed E-state index contributed by atoms with van der Waals surface area (Å²) in [7, 11) is 1.78. The lowest BCUT2D eigenvalue weighted by molar-refractivity contribution is -0.136. The van der Waals surface area contributed by atoms with Crippen LogP contribution in [0.15, 0.2) is 12.5 Å². The maximum absolute atomic E-state index is 10.7. The van der Waals surface area contributed by atoms with Crippen LogP contribution in [-0.4, -0.2) is 24.0 Å². The Bertz CT molecular complexity index is 146. The second-order valence-electron chi connectivity index (χ2n) is 2.10. The Kier molecular flexibility index (Phi) is 1.20. The van der Waals surface area contributed by atoms with Crippen LogP contribution in [0.1, 0.15) is 6.92 Å². The molecule has 0 aromatic carbocycles. The van der Waals surface area contributed by atoms with Gasteiger partial charge in [-0.2, -0.15) is 0 Å². The van der Waals surface area contributed by atoms with E-state index in [-0.39, 0.29) is 12.0 Å². The molecule has 50 valence electrons. The summed E-state index contributed by atoms with van der Waals surface area (Å²) in [6.45, 7) is 5.30. The molecule has 3 nitrogen and oxygen atoms in total. The summed E-state index contributed by atoms with van der Waals surface area (Å²) < 4.78 is 4.68. The molecule has 1 heterocycles. The van der Waals surface area contributed by atoms with E-state index < -0.39 is 0 Å². The van der Waals surface area contributed by atoms with Crippen molar-refractivity contribution in [2.45, 2.75) is 13.0 Å². The first-order valence-corrected chi connectivity index (χ1v) is 2.76. The third-order valence-electron chi connectivity index (χ3n) is 1.53. The van der Waals surface area contributed by atoms with E-state index in [2.05, 4.69) is 11.3 Å². The number of ether oxygens (including phenoxy) is 1. The first kappa shape index (κ1) is 6.13. The predicted octanol–water partition coefficient (Wildman–Crippen LogP) is 0.335. The zero-order valence-corrected chi connectivity index (χ0v) is 5.55. The van der Waals surface area contributed by atoms with Gasteiger partial charge in [0.1, 0.15) is 6.04 Å². The summed E-state index contributed by atoms with van der Waals surface area (Å²) in [5.41, 5.74) is 0. The second-order valence-corrected chi connectivity index (χ2v) is 2.10. The molecule has 0 amide bonds. The van der Waals surface area contributed by atoms with Gasteiger partial charge in [-0.05, 0) is 13.5 Å². The fourth-order valence-corrected chi connectivity index (χ4v) is 0.647. The van der Waals surface area contributed by atoms with E-state index in [1.165, 1.54) is 0 Å². The van der Waals surface area contributed by atoms with Crippen molar-refractivity contribution in [2.75, 3.05) is 7.05 Å². The average Bonchev–Trinajstić information content (AvgIpc) is 1.98.